The molecule has 0 bridgehead atoms. The highest BCUT2D eigenvalue weighted by Crippen LogP contribution is 2.29. The Bertz CT molecular complexity index is 303. The van der Waals surface area contributed by atoms with Gasteiger partial charge in [0.15, 0.2) is 0 Å². The normalized spacial score (nSPS) is 30.6. The van der Waals surface area contributed by atoms with Gasteiger partial charge in [-0.25, -0.2) is 0 Å². The third-order valence-corrected chi connectivity index (χ3v) is 4.70. The van der Waals surface area contributed by atoms with Gasteiger partial charge in [0.1, 0.15) is 0 Å². The van der Waals surface area contributed by atoms with Crippen LogP contribution in [0.15, 0.2) is 0 Å². The van der Waals surface area contributed by atoms with Gasteiger partial charge in [0.25, 0.3) is 0 Å². The number of nitrogens with one attached hydrogen (secondary N) is 1. The van der Waals surface area contributed by atoms with Gasteiger partial charge >= 0.3 is 0 Å². The van der Waals surface area contributed by atoms with Crippen molar-refractivity contribution < 1.29 is 9.90 Å². The summed E-state index contributed by atoms with van der Waals surface area (Å²) in [6.45, 7) is 6.73. The largest absolute Gasteiger partial charge is 0.394 e. The SMILES string of the molecule is CC1CC(C)CN(C(=O)CNC2(CO)CCCC2)C1. The molecular formula is C15H28N2O2. The van der Waals surface area contributed by atoms with Crippen molar-refractivity contribution in [2.45, 2.75) is 51.5 Å². The molecule has 1 amide bonds. The Morgan fingerprint density at radius 1 is 1.26 bits per heavy atom. The Balaban J connectivity index is 1.83. The number of hydrogen-bond acceptors (Lipinski definition) is 3. The highest BCUT2D eigenvalue weighted by Gasteiger charge is 2.34. The van der Waals surface area contributed by atoms with Crippen molar-refractivity contribution in [3.63, 3.8) is 0 Å². The number of amides is 1. The first-order valence-corrected chi connectivity index (χ1v) is 7.68. The molecule has 1 saturated carbocycles. The lowest BCUT2D eigenvalue weighted by Crippen LogP contribution is -2.52. The Kier molecular flexibility index (Phi) is 4.85. The molecule has 2 N–H and O–H groups in total. The van der Waals surface area contributed by atoms with Gasteiger partial charge in [0.2, 0.25) is 5.91 Å². The molecule has 2 aliphatic rings. The topological polar surface area (TPSA) is 52.6 Å². The summed E-state index contributed by atoms with van der Waals surface area (Å²) in [7, 11) is 0. The van der Waals surface area contributed by atoms with Crippen LogP contribution < -0.4 is 5.32 Å². The summed E-state index contributed by atoms with van der Waals surface area (Å²) in [5, 5.41) is 12.9. The van der Waals surface area contributed by atoms with Crippen LogP contribution in [0.1, 0.15) is 46.0 Å². The number of hydrogen-bond donors (Lipinski definition) is 2. The van der Waals surface area contributed by atoms with E-state index in [1.807, 2.05) is 4.90 Å². The zero-order valence-corrected chi connectivity index (χ0v) is 12.3. The standard InChI is InChI=1S/C15H28N2O2/c1-12-7-13(2)10-17(9-12)14(19)8-16-15(11-18)5-3-4-6-15/h12-13,16,18H,3-11H2,1-2H3. The molecule has 0 radical (unpaired) electrons. The van der Waals surface area contributed by atoms with Crippen molar-refractivity contribution in [1.82, 2.24) is 10.2 Å². The average Bonchev–Trinajstić information content (AvgIpc) is 2.84. The van der Waals surface area contributed by atoms with Crippen LogP contribution in [0, 0.1) is 11.8 Å². The third-order valence-electron chi connectivity index (χ3n) is 4.70. The number of nitrogens with zero attached hydrogens (tertiary/aromatic N) is 1. The minimum absolute atomic E-state index is 0.146. The minimum Gasteiger partial charge on any atom is -0.394 e. The van der Waals surface area contributed by atoms with Gasteiger partial charge in [-0.2, -0.15) is 0 Å². The maximum atomic E-state index is 12.3. The van der Waals surface area contributed by atoms with Crippen molar-refractivity contribution in [3.05, 3.63) is 0 Å². The molecule has 1 aliphatic carbocycles. The molecule has 0 aromatic carbocycles. The quantitative estimate of drug-likeness (QED) is 0.810. The van der Waals surface area contributed by atoms with E-state index in [-0.39, 0.29) is 18.1 Å². The van der Waals surface area contributed by atoms with Crippen LogP contribution in [-0.4, -0.2) is 47.7 Å². The van der Waals surface area contributed by atoms with E-state index in [0.717, 1.165) is 38.8 Å². The molecule has 4 heteroatoms. The van der Waals surface area contributed by atoms with Crippen LogP contribution in [0.3, 0.4) is 0 Å². The molecule has 1 aliphatic heterocycles. The molecule has 1 saturated heterocycles. The summed E-state index contributed by atoms with van der Waals surface area (Å²) in [4.78, 5) is 14.3. The van der Waals surface area contributed by atoms with Gasteiger partial charge in [0, 0.05) is 18.6 Å². The van der Waals surface area contributed by atoms with Crippen LogP contribution >= 0.6 is 0 Å². The summed E-state index contributed by atoms with van der Waals surface area (Å²) >= 11 is 0. The van der Waals surface area contributed by atoms with Crippen molar-refractivity contribution in [1.29, 1.82) is 0 Å². The molecule has 1 heterocycles. The smallest absolute Gasteiger partial charge is 0.236 e. The highest BCUT2D eigenvalue weighted by atomic mass is 16.3. The Labute approximate surface area is 116 Å². The molecule has 0 aromatic heterocycles. The lowest BCUT2D eigenvalue weighted by atomic mass is 9.92. The molecule has 2 unspecified atom stereocenters. The average molecular weight is 268 g/mol. The van der Waals surface area contributed by atoms with Gasteiger partial charge in [-0.15, -0.1) is 0 Å². The number of aliphatic hydroxyl groups excluding tert-OH is 1. The fraction of sp³-hybridized carbons (Fsp3) is 0.933. The second-order valence-corrected chi connectivity index (χ2v) is 6.74. The van der Waals surface area contributed by atoms with Gasteiger partial charge in [-0.3, -0.25) is 4.79 Å². The van der Waals surface area contributed by atoms with E-state index in [2.05, 4.69) is 19.2 Å². The minimum atomic E-state index is -0.192. The van der Waals surface area contributed by atoms with Gasteiger partial charge < -0.3 is 15.3 Å². The zero-order chi connectivity index (χ0) is 13.9. The second kappa shape index (κ2) is 6.23. The van der Waals surface area contributed by atoms with Crippen LogP contribution in [-0.2, 0) is 4.79 Å². The van der Waals surface area contributed by atoms with Gasteiger partial charge in [-0.05, 0) is 31.1 Å². The van der Waals surface area contributed by atoms with Crippen molar-refractivity contribution in [3.8, 4) is 0 Å². The van der Waals surface area contributed by atoms with E-state index in [4.69, 9.17) is 0 Å². The van der Waals surface area contributed by atoms with Crippen molar-refractivity contribution in [2.24, 2.45) is 11.8 Å². The maximum absolute atomic E-state index is 12.3. The number of rotatable bonds is 4. The predicted octanol–water partition coefficient (Wildman–Crippen LogP) is 1.39. The number of aliphatic hydroxyl groups is 1. The van der Waals surface area contributed by atoms with E-state index in [1.54, 1.807) is 0 Å². The van der Waals surface area contributed by atoms with Gasteiger partial charge in [0.05, 0.1) is 13.2 Å². The first-order chi connectivity index (χ1) is 9.04. The van der Waals surface area contributed by atoms with E-state index >= 15 is 0 Å². The number of likely N-dealkylation sites (tertiary alicyclic amines) is 1. The molecule has 110 valence electrons. The highest BCUT2D eigenvalue weighted by molar-refractivity contribution is 5.78. The van der Waals surface area contributed by atoms with E-state index in [9.17, 15) is 9.90 Å². The summed E-state index contributed by atoms with van der Waals surface area (Å²) in [6.07, 6.45) is 5.50. The van der Waals surface area contributed by atoms with E-state index < -0.39 is 0 Å². The molecule has 0 aromatic rings. The van der Waals surface area contributed by atoms with Crippen molar-refractivity contribution >= 4 is 5.91 Å². The third kappa shape index (κ3) is 3.69. The van der Waals surface area contributed by atoms with E-state index in [1.165, 1.54) is 6.42 Å². The molecule has 2 rings (SSSR count). The summed E-state index contributed by atoms with van der Waals surface area (Å²) < 4.78 is 0. The summed E-state index contributed by atoms with van der Waals surface area (Å²) in [5.74, 6) is 1.40. The predicted molar refractivity (Wildman–Crippen MR) is 75.8 cm³/mol. The van der Waals surface area contributed by atoms with E-state index in [0.29, 0.717) is 18.4 Å². The lowest BCUT2D eigenvalue weighted by Gasteiger charge is -2.36. The Hall–Kier alpha value is -0.610. The molecule has 0 spiro atoms. The van der Waals surface area contributed by atoms with Gasteiger partial charge in [-0.1, -0.05) is 26.7 Å². The van der Waals surface area contributed by atoms with Crippen molar-refractivity contribution in [2.75, 3.05) is 26.2 Å². The summed E-state index contributed by atoms with van der Waals surface area (Å²) in [6, 6.07) is 0. The maximum Gasteiger partial charge on any atom is 0.236 e. The Morgan fingerprint density at radius 3 is 2.37 bits per heavy atom. The molecule has 4 nitrogen and oxygen atoms in total. The summed E-state index contributed by atoms with van der Waals surface area (Å²) in [5.41, 5.74) is -0.192. The molecule has 19 heavy (non-hydrogen) atoms. The van der Waals surface area contributed by atoms with Crippen LogP contribution in [0.2, 0.25) is 0 Å². The number of carbonyl (C=O) groups excluding carboxylic acids is 1. The lowest BCUT2D eigenvalue weighted by molar-refractivity contribution is -0.133. The first kappa shape index (κ1) is 14.8. The molecule has 2 fully saturated rings. The van der Waals surface area contributed by atoms with Crippen LogP contribution in [0.25, 0.3) is 0 Å². The first-order valence-electron chi connectivity index (χ1n) is 7.68. The van der Waals surface area contributed by atoms with Crippen LogP contribution in [0.4, 0.5) is 0 Å². The fourth-order valence-electron chi connectivity index (χ4n) is 3.68. The zero-order valence-electron chi connectivity index (χ0n) is 12.3. The Morgan fingerprint density at radius 2 is 1.84 bits per heavy atom. The second-order valence-electron chi connectivity index (χ2n) is 6.74. The number of carbonyl (C=O) groups is 1. The van der Waals surface area contributed by atoms with Crippen LogP contribution in [0.5, 0.6) is 0 Å². The molecular weight excluding hydrogens is 240 g/mol. The monoisotopic (exact) mass is 268 g/mol. The number of piperidine rings is 1. The molecule has 2 atom stereocenters. The fourth-order valence-corrected chi connectivity index (χ4v) is 3.68.